The van der Waals surface area contributed by atoms with Crippen molar-refractivity contribution in [3.63, 3.8) is 0 Å². The third kappa shape index (κ3) is 2.70. The van der Waals surface area contributed by atoms with Gasteiger partial charge >= 0.3 is 0 Å². The molecule has 0 atom stereocenters. The second kappa shape index (κ2) is 6.58. The number of benzene rings is 2. The van der Waals surface area contributed by atoms with Crippen LogP contribution in [-0.4, -0.2) is 84.2 Å². The molecule has 0 aromatic heterocycles. The van der Waals surface area contributed by atoms with Crippen molar-refractivity contribution in [2.75, 3.05) is 0 Å². The predicted molar refractivity (Wildman–Crippen MR) is 113 cm³/mol. The van der Waals surface area contributed by atoms with E-state index in [0.717, 1.165) is 0 Å². The van der Waals surface area contributed by atoms with Crippen molar-refractivity contribution in [3.8, 4) is 0 Å². The first-order valence-corrected chi connectivity index (χ1v) is 6.64. The third-order valence-electron chi connectivity index (χ3n) is 3.90. The van der Waals surface area contributed by atoms with Crippen LogP contribution in [0.4, 0.5) is 0 Å². The third-order valence-corrected chi connectivity index (χ3v) is 3.90. The largest absolute Gasteiger partial charge is 0.300 e. The van der Waals surface area contributed by atoms with E-state index in [-0.39, 0.29) is 71.5 Å². The molecule has 2 aromatic rings. The maximum Gasteiger partial charge on any atom is 0.113 e. The van der Waals surface area contributed by atoms with Crippen LogP contribution in [0.3, 0.4) is 0 Å². The van der Waals surface area contributed by atoms with E-state index in [0.29, 0.717) is 0 Å². The van der Waals surface area contributed by atoms with Gasteiger partial charge in [0.05, 0.1) is 5.71 Å². The number of nitrogens with one attached hydrogen (secondary N) is 1. The molecule has 0 aliphatic rings. The van der Waals surface area contributed by atoms with Crippen molar-refractivity contribution in [1.29, 1.82) is 5.41 Å². The molecule has 2 aromatic carbocycles. The van der Waals surface area contributed by atoms with Crippen LogP contribution in [0.25, 0.3) is 0 Å². The molecule has 24 heavy (non-hydrogen) atoms. The first kappa shape index (κ1) is 19.1. The monoisotopic (exact) mass is 281 g/mol. The van der Waals surface area contributed by atoms with Gasteiger partial charge in [-0.1, -0.05) is 21.9 Å². The van der Waals surface area contributed by atoms with E-state index in [1.165, 1.54) is 0 Å². The Morgan fingerprint density at radius 3 is 0.750 bits per heavy atom. The van der Waals surface area contributed by atoms with Crippen LogP contribution in [0.5, 0.6) is 0 Å². The average molecular weight is 279 g/mol. The van der Waals surface area contributed by atoms with Crippen molar-refractivity contribution in [2.24, 2.45) is 0 Å². The summed E-state index contributed by atoms with van der Waals surface area (Å²) in [4.78, 5) is 0. The Morgan fingerprint density at radius 2 is 0.542 bits per heavy atom. The Bertz CT molecular complexity index is 760. The van der Waals surface area contributed by atoms with E-state index >= 15 is 0 Å². The summed E-state index contributed by atoms with van der Waals surface area (Å²) in [5, 5.41) is 8.44. The fourth-order valence-electron chi connectivity index (χ4n) is 2.36. The highest BCUT2D eigenvalue weighted by atomic mass is 14.4. The van der Waals surface area contributed by atoms with Crippen molar-refractivity contribution in [1.82, 2.24) is 0 Å². The first-order chi connectivity index (χ1) is 11.0. The lowest BCUT2D eigenvalue weighted by atomic mass is 9.57. The molecule has 11 heteroatoms. The Kier molecular flexibility index (Phi) is 5.23. The highest BCUT2D eigenvalue weighted by Gasteiger charge is 2.19. The summed E-state index contributed by atoms with van der Waals surface area (Å²) in [7, 11) is 58.5. The number of hydrogen-bond donors (Lipinski definition) is 1. The summed E-state index contributed by atoms with van der Waals surface area (Å²) < 4.78 is 0. The van der Waals surface area contributed by atoms with Crippen LogP contribution in [0.15, 0.2) is 0 Å². The minimum absolute atomic E-state index is 0.00465. The minimum Gasteiger partial charge on any atom is -0.300 e. The molecular formula is C13HB10N. The van der Waals surface area contributed by atoms with Crippen LogP contribution in [0, 0.1) is 5.41 Å². The normalized spacial score (nSPS) is 10.7. The molecule has 0 aliphatic carbocycles. The van der Waals surface area contributed by atoms with Gasteiger partial charge in [0.1, 0.15) is 78.5 Å². The fraction of sp³-hybridized carbons (Fsp3) is 0. The highest BCUT2D eigenvalue weighted by Crippen LogP contribution is 1.98. The van der Waals surface area contributed by atoms with E-state index in [1.807, 2.05) is 0 Å². The van der Waals surface area contributed by atoms with Crippen LogP contribution in [0.2, 0.25) is 0 Å². The van der Waals surface area contributed by atoms with E-state index in [4.69, 9.17) is 83.9 Å². The maximum atomic E-state index is 8.44. The standard InChI is InChI=1S/C13HB10N/c14-3-1(4(15)8(19)11(22)7(3)18)13(24)2-5(16)9(20)12(23)10(21)6(2)17/h24H. The van der Waals surface area contributed by atoms with Gasteiger partial charge in [0.15, 0.2) is 0 Å². The van der Waals surface area contributed by atoms with Gasteiger partial charge in [-0.2, -0.15) is 0 Å². The predicted octanol–water partition coefficient (Wildman–Crippen LogP) is -8.96. The molecule has 0 amide bonds. The van der Waals surface area contributed by atoms with Crippen molar-refractivity contribution < 1.29 is 0 Å². The van der Waals surface area contributed by atoms with Gasteiger partial charge in [-0.3, -0.25) is 5.41 Å². The molecule has 1 nitrogen and oxygen atoms in total. The molecule has 0 aliphatic heterocycles. The Morgan fingerprint density at radius 1 is 0.375 bits per heavy atom. The molecule has 0 unspecified atom stereocenters. The van der Waals surface area contributed by atoms with Crippen LogP contribution in [-0.2, 0) is 0 Å². The molecular weight excluding hydrogens is 278 g/mol. The number of hydrogen-bond acceptors (Lipinski definition) is 1. The zero-order valence-corrected chi connectivity index (χ0v) is 12.8. The first-order valence-electron chi connectivity index (χ1n) is 6.64. The lowest BCUT2D eigenvalue weighted by Crippen LogP contribution is -2.60. The summed E-state index contributed by atoms with van der Waals surface area (Å²) in [6.07, 6.45) is 0. The van der Waals surface area contributed by atoms with Gasteiger partial charge in [-0.05, 0) is 11.1 Å². The van der Waals surface area contributed by atoms with Gasteiger partial charge in [0.25, 0.3) is 0 Å². The molecule has 0 spiro atoms. The van der Waals surface area contributed by atoms with Gasteiger partial charge < -0.3 is 0 Å². The van der Waals surface area contributed by atoms with Gasteiger partial charge in [-0.25, -0.2) is 0 Å². The number of rotatable bonds is 2. The molecule has 20 radical (unpaired) electrons. The minimum atomic E-state index is -0.253. The van der Waals surface area contributed by atoms with E-state index in [9.17, 15) is 0 Å². The Hall–Kier alpha value is -1.24. The lowest BCUT2D eigenvalue weighted by Gasteiger charge is -2.26. The highest BCUT2D eigenvalue weighted by molar-refractivity contribution is 6.71. The average Bonchev–Trinajstić information content (AvgIpc) is 2.55. The molecule has 0 bridgehead atoms. The molecule has 1 N–H and O–H groups in total. The molecule has 88 valence electrons. The quantitative estimate of drug-likeness (QED) is 0.417. The molecule has 0 saturated heterocycles. The van der Waals surface area contributed by atoms with Gasteiger partial charge in [-0.15, -0.1) is 32.8 Å². The van der Waals surface area contributed by atoms with Crippen LogP contribution >= 0.6 is 0 Å². The second-order valence-electron chi connectivity index (χ2n) is 5.26. The zero-order valence-electron chi connectivity index (χ0n) is 12.8. The van der Waals surface area contributed by atoms with E-state index in [2.05, 4.69) is 0 Å². The SMILES string of the molecule is [B]c1c([B])c([B])c(C(=N)c2c([B])c([B])c([B])c([B])c2[B])c([B])c1[B]. The lowest BCUT2D eigenvalue weighted by molar-refractivity contribution is 1.50. The maximum absolute atomic E-state index is 8.44. The summed E-state index contributed by atoms with van der Waals surface area (Å²) in [6, 6.07) is 0. The summed E-state index contributed by atoms with van der Waals surface area (Å²) >= 11 is 0. The van der Waals surface area contributed by atoms with Crippen LogP contribution < -0.4 is 54.6 Å². The summed E-state index contributed by atoms with van der Waals surface area (Å²) in [5.74, 6) is 0. The Labute approximate surface area is 155 Å². The molecule has 0 fully saturated rings. The van der Waals surface area contributed by atoms with Gasteiger partial charge in [0, 0.05) is 0 Å². The summed E-state index contributed by atoms with van der Waals surface area (Å²) in [5.41, 5.74) is -0.283. The fourth-order valence-corrected chi connectivity index (χ4v) is 2.36. The second-order valence-corrected chi connectivity index (χ2v) is 5.26. The zero-order chi connectivity index (χ0) is 18.5. The van der Waals surface area contributed by atoms with E-state index < -0.39 is 0 Å². The summed E-state index contributed by atoms with van der Waals surface area (Å²) in [6.45, 7) is 0. The topological polar surface area (TPSA) is 23.9 Å². The Balaban J connectivity index is 2.87. The molecule has 0 heterocycles. The smallest absolute Gasteiger partial charge is 0.113 e. The molecule has 2 rings (SSSR count). The van der Waals surface area contributed by atoms with Crippen molar-refractivity contribution >= 4 is 139 Å². The van der Waals surface area contributed by atoms with Gasteiger partial charge in [0.2, 0.25) is 0 Å². The van der Waals surface area contributed by atoms with Crippen molar-refractivity contribution in [3.05, 3.63) is 11.1 Å². The van der Waals surface area contributed by atoms with E-state index in [1.54, 1.807) is 0 Å². The molecule has 0 saturated carbocycles. The van der Waals surface area contributed by atoms with Crippen LogP contribution in [0.1, 0.15) is 11.1 Å². The van der Waals surface area contributed by atoms with Crippen molar-refractivity contribution in [2.45, 2.75) is 0 Å².